The summed E-state index contributed by atoms with van der Waals surface area (Å²) in [6, 6.07) is 27.4. The number of hydrogen-bond donors (Lipinski definition) is 3. The molecule has 42 heavy (non-hydrogen) atoms. The van der Waals surface area contributed by atoms with Crippen molar-refractivity contribution in [2.45, 2.75) is 4.90 Å². The fourth-order valence-electron chi connectivity index (χ4n) is 4.47. The van der Waals surface area contributed by atoms with Crippen molar-refractivity contribution in [3.8, 4) is 16.9 Å². The minimum absolute atomic E-state index is 0.0387. The second kappa shape index (κ2) is 13.3. The number of nitrogens with zero attached hydrogens (tertiary/aromatic N) is 2. The molecule has 1 amide bonds. The molecule has 9 nitrogen and oxygen atoms in total. The molecule has 0 bridgehead atoms. The number of para-hydroxylation sites is 1. The van der Waals surface area contributed by atoms with E-state index in [-0.39, 0.29) is 16.6 Å². The third kappa shape index (κ3) is 7.32. The number of rotatable bonds is 12. The molecular weight excluding hydrogens is 550 g/mol. The summed E-state index contributed by atoms with van der Waals surface area (Å²) in [5, 5.41) is 6.16. The molecule has 0 aliphatic heterocycles. The third-order valence-electron chi connectivity index (χ3n) is 6.63. The van der Waals surface area contributed by atoms with Gasteiger partial charge in [-0.25, -0.2) is 8.42 Å². The van der Waals surface area contributed by atoms with E-state index in [1.165, 1.54) is 7.11 Å². The van der Waals surface area contributed by atoms with Crippen LogP contribution in [-0.2, 0) is 10.0 Å². The molecule has 0 aliphatic carbocycles. The van der Waals surface area contributed by atoms with Crippen molar-refractivity contribution in [3.05, 3.63) is 96.6 Å². The van der Waals surface area contributed by atoms with Crippen molar-refractivity contribution in [2.75, 3.05) is 68.2 Å². The fraction of sp³-hybridized carbons (Fsp3) is 0.219. The summed E-state index contributed by atoms with van der Waals surface area (Å²) in [5.74, 6) is 0.0862. The number of nitrogens with one attached hydrogen (secondary N) is 3. The highest BCUT2D eigenvalue weighted by Crippen LogP contribution is 2.32. The van der Waals surface area contributed by atoms with Gasteiger partial charge in [-0.2, -0.15) is 0 Å². The molecule has 220 valence electrons. The summed E-state index contributed by atoms with van der Waals surface area (Å²) in [7, 11) is 5.17. The third-order valence-corrected chi connectivity index (χ3v) is 8.04. The van der Waals surface area contributed by atoms with Crippen molar-refractivity contribution in [3.63, 3.8) is 0 Å². The number of amides is 1. The Bertz CT molecular complexity index is 1650. The summed E-state index contributed by atoms with van der Waals surface area (Å²) >= 11 is 0. The van der Waals surface area contributed by atoms with Gasteiger partial charge in [0.1, 0.15) is 10.6 Å². The van der Waals surface area contributed by atoms with Crippen LogP contribution in [0, 0.1) is 0 Å². The van der Waals surface area contributed by atoms with Gasteiger partial charge in [-0.05, 0) is 65.7 Å². The first kappa shape index (κ1) is 30.3. The number of carbonyl (C=O) groups is 1. The van der Waals surface area contributed by atoms with Crippen LogP contribution in [0.4, 0.5) is 22.7 Å². The van der Waals surface area contributed by atoms with Gasteiger partial charge < -0.3 is 25.2 Å². The molecule has 4 aromatic rings. The van der Waals surface area contributed by atoms with E-state index in [9.17, 15) is 13.2 Å². The number of anilines is 4. The van der Waals surface area contributed by atoms with Gasteiger partial charge in [0, 0.05) is 58.3 Å². The van der Waals surface area contributed by atoms with E-state index < -0.39 is 10.0 Å². The molecule has 0 heterocycles. The van der Waals surface area contributed by atoms with Crippen molar-refractivity contribution >= 4 is 38.7 Å². The smallest absolute Gasteiger partial charge is 0.265 e. The molecule has 0 spiro atoms. The lowest BCUT2D eigenvalue weighted by atomic mass is 10.0. The molecule has 4 rings (SSSR count). The Kier molecular flexibility index (Phi) is 9.59. The van der Waals surface area contributed by atoms with E-state index in [2.05, 4.69) is 15.4 Å². The summed E-state index contributed by atoms with van der Waals surface area (Å²) in [6.07, 6.45) is 0. The van der Waals surface area contributed by atoms with Crippen LogP contribution < -0.4 is 29.9 Å². The lowest BCUT2D eigenvalue weighted by Gasteiger charge is -2.17. The fourth-order valence-corrected chi connectivity index (χ4v) is 5.71. The van der Waals surface area contributed by atoms with Crippen LogP contribution in [-0.4, -0.2) is 62.7 Å². The first-order valence-corrected chi connectivity index (χ1v) is 14.9. The van der Waals surface area contributed by atoms with Gasteiger partial charge in [-0.15, -0.1) is 0 Å². The molecule has 0 aliphatic rings. The highest BCUT2D eigenvalue weighted by atomic mass is 32.2. The van der Waals surface area contributed by atoms with Crippen LogP contribution in [0.3, 0.4) is 0 Å². The molecule has 3 N–H and O–H groups in total. The van der Waals surface area contributed by atoms with Crippen molar-refractivity contribution in [1.82, 2.24) is 5.32 Å². The number of sulfonamides is 1. The zero-order chi connectivity index (χ0) is 30.3. The highest BCUT2D eigenvalue weighted by molar-refractivity contribution is 7.92. The van der Waals surface area contributed by atoms with Gasteiger partial charge in [-0.3, -0.25) is 9.52 Å². The molecule has 4 aromatic carbocycles. The van der Waals surface area contributed by atoms with Crippen LogP contribution >= 0.6 is 0 Å². The molecule has 0 saturated carbocycles. The largest absolute Gasteiger partial charge is 0.495 e. The predicted molar refractivity (Wildman–Crippen MR) is 172 cm³/mol. The summed E-state index contributed by atoms with van der Waals surface area (Å²) in [6.45, 7) is 0.837. The molecule has 10 heteroatoms. The average molecular weight is 588 g/mol. The Hall–Kier alpha value is -4.70. The van der Waals surface area contributed by atoms with Crippen molar-refractivity contribution in [2.24, 2.45) is 0 Å². The van der Waals surface area contributed by atoms with Gasteiger partial charge in [0.25, 0.3) is 15.9 Å². The standard InChI is InChI=1S/C32H37N5O4S/c1-36(2)27-13-8-10-23(20-27)24-16-17-30(41-5)31(21-24)42(39,40)35-26-12-9-11-25(22-26)33-18-19-34-32(38)28-14-6-7-15-29(28)37(3)4/h6-17,20-22,33,35H,18-19H2,1-5H3,(H,34,38). The maximum Gasteiger partial charge on any atom is 0.265 e. The first-order chi connectivity index (χ1) is 20.1. The number of ether oxygens (including phenoxy) is 1. The Balaban J connectivity index is 1.44. The van der Waals surface area contributed by atoms with E-state index >= 15 is 0 Å². The topological polar surface area (TPSA) is 103 Å². The number of hydrogen-bond acceptors (Lipinski definition) is 7. The molecule has 0 aromatic heterocycles. The lowest BCUT2D eigenvalue weighted by molar-refractivity contribution is 0.0955. The monoisotopic (exact) mass is 587 g/mol. The molecule has 0 unspecified atom stereocenters. The molecule has 0 radical (unpaired) electrons. The zero-order valence-corrected chi connectivity index (χ0v) is 25.3. The normalized spacial score (nSPS) is 11.0. The predicted octanol–water partition coefficient (Wildman–Crippen LogP) is 5.14. The van der Waals surface area contributed by atoms with E-state index in [4.69, 9.17) is 4.74 Å². The van der Waals surface area contributed by atoms with Crippen LogP contribution in [0.5, 0.6) is 5.75 Å². The lowest BCUT2D eigenvalue weighted by Crippen LogP contribution is -2.30. The van der Waals surface area contributed by atoms with Crippen LogP contribution in [0.2, 0.25) is 0 Å². The van der Waals surface area contributed by atoms with E-state index in [1.54, 1.807) is 36.4 Å². The van der Waals surface area contributed by atoms with Crippen molar-refractivity contribution < 1.29 is 17.9 Å². The SMILES string of the molecule is COc1ccc(-c2cccc(N(C)C)c2)cc1S(=O)(=O)Nc1cccc(NCCNC(=O)c2ccccc2N(C)C)c1. The maximum atomic E-state index is 13.5. The summed E-state index contributed by atoms with van der Waals surface area (Å²) in [4.78, 5) is 16.6. The molecule has 0 fully saturated rings. The van der Waals surface area contributed by atoms with Crippen LogP contribution in [0.1, 0.15) is 10.4 Å². The van der Waals surface area contributed by atoms with Crippen LogP contribution in [0.15, 0.2) is 95.9 Å². The van der Waals surface area contributed by atoms with E-state index in [0.29, 0.717) is 30.0 Å². The van der Waals surface area contributed by atoms with Gasteiger partial charge in [0.2, 0.25) is 0 Å². The minimum Gasteiger partial charge on any atom is -0.495 e. The Labute approximate surface area is 248 Å². The Morgan fingerprint density at radius 2 is 1.48 bits per heavy atom. The second-order valence-electron chi connectivity index (χ2n) is 10.1. The average Bonchev–Trinajstić information content (AvgIpc) is 2.99. The Morgan fingerprint density at radius 1 is 0.762 bits per heavy atom. The van der Waals surface area contributed by atoms with Gasteiger partial charge in [0.05, 0.1) is 18.4 Å². The highest BCUT2D eigenvalue weighted by Gasteiger charge is 2.21. The quantitative estimate of drug-likeness (QED) is 0.197. The molecular formula is C32H37N5O4S. The number of methoxy groups -OCH3 is 1. The summed E-state index contributed by atoms with van der Waals surface area (Å²) < 4.78 is 35.1. The molecule has 0 saturated heterocycles. The van der Waals surface area contributed by atoms with E-state index in [0.717, 1.165) is 22.5 Å². The summed E-state index contributed by atoms with van der Waals surface area (Å²) in [5.41, 5.74) is 5.20. The van der Waals surface area contributed by atoms with Crippen LogP contribution in [0.25, 0.3) is 11.1 Å². The molecule has 0 atom stereocenters. The van der Waals surface area contributed by atoms with Crippen molar-refractivity contribution in [1.29, 1.82) is 0 Å². The number of carbonyl (C=O) groups excluding carboxylic acids is 1. The minimum atomic E-state index is -3.98. The Morgan fingerprint density at radius 3 is 2.21 bits per heavy atom. The van der Waals surface area contributed by atoms with Gasteiger partial charge in [0.15, 0.2) is 0 Å². The van der Waals surface area contributed by atoms with Gasteiger partial charge in [-0.1, -0.05) is 36.4 Å². The maximum absolute atomic E-state index is 13.5. The number of benzene rings is 4. The first-order valence-electron chi connectivity index (χ1n) is 13.5. The van der Waals surface area contributed by atoms with E-state index in [1.807, 2.05) is 92.6 Å². The van der Waals surface area contributed by atoms with Gasteiger partial charge >= 0.3 is 0 Å². The zero-order valence-electron chi connectivity index (χ0n) is 24.5. The second-order valence-corrected chi connectivity index (χ2v) is 11.7.